The summed E-state index contributed by atoms with van der Waals surface area (Å²) < 4.78 is 4.10. The van der Waals surface area contributed by atoms with Crippen LogP contribution in [0.25, 0.3) is 0 Å². The Morgan fingerprint density at radius 1 is 1.44 bits per heavy atom. The third-order valence-corrected chi connectivity index (χ3v) is 8.67. The standard InChI is InChI=1S/C16H15N7O5S4/c1-5-18-8(32-22-5)4-29-7-3-30-14-10(13(25)23(14)11(7)15(26)27)20-12(24)9(21-28)6-2-31-16(17)19-6/h2,10,14,28H,3-4H2,1H3,(H2,17,19)(H,20,24)(H,26,27)/b21-9-/t10-,14-/m1/s1. The molecule has 2 aromatic rings. The number of rotatable bonds is 7. The van der Waals surface area contributed by atoms with Crippen LogP contribution in [-0.4, -0.2) is 70.2 Å². The summed E-state index contributed by atoms with van der Waals surface area (Å²) in [7, 11) is 0. The number of amides is 2. The molecule has 2 atom stereocenters. The van der Waals surface area contributed by atoms with E-state index in [1.165, 1.54) is 45.3 Å². The van der Waals surface area contributed by atoms with Crippen molar-refractivity contribution in [2.24, 2.45) is 5.16 Å². The molecule has 12 nitrogen and oxygen atoms in total. The number of carbonyl (C=O) groups is 3. The number of β-lactam (4-membered cyclic amide) rings is 1. The third kappa shape index (κ3) is 4.17. The van der Waals surface area contributed by atoms with Gasteiger partial charge in [-0.3, -0.25) is 14.5 Å². The summed E-state index contributed by atoms with van der Waals surface area (Å²) in [6.07, 6.45) is 0. The number of carboxylic acids is 1. The van der Waals surface area contributed by atoms with Crippen LogP contribution in [0.15, 0.2) is 21.1 Å². The minimum absolute atomic E-state index is 0.0733. The Labute approximate surface area is 197 Å². The lowest BCUT2D eigenvalue weighted by atomic mass is 10.0. The minimum Gasteiger partial charge on any atom is -0.477 e. The Hall–Kier alpha value is -2.69. The number of aromatic nitrogens is 3. The van der Waals surface area contributed by atoms with E-state index in [0.717, 1.165) is 16.3 Å². The first-order chi connectivity index (χ1) is 15.3. The molecule has 2 amide bonds. The molecule has 4 rings (SSSR count). The van der Waals surface area contributed by atoms with Gasteiger partial charge in [-0.05, 0) is 18.5 Å². The maximum Gasteiger partial charge on any atom is 0.353 e. The largest absolute Gasteiger partial charge is 0.477 e. The van der Waals surface area contributed by atoms with Gasteiger partial charge in [-0.25, -0.2) is 14.8 Å². The Kier molecular flexibility index (Phi) is 6.36. The fourth-order valence-corrected chi connectivity index (χ4v) is 6.87. The van der Waals surface area contributed by atoms with Crippen molar-refractivity contribution in [3.05, 3.63) is 32.5 Å². The predicted octanol–water partition coefficient (Wildman–Crippen LogP) is 0.693. The first-order valence-corrected chi connectivity index (χ1v) is 12.6. The lowest BCUT2D eigenvalue weighted by Gasteiger charge is -2.49. The van der Waals surface area contributed by atoms with Crippen LogP contribution >= 0.6 is 46.4 Å². The zero-order valence-corrected chi connectivity index (χ0v) is 19.5. The number of oxime groups is 1. The van der Waals surface area contributed by atoms with Crippen LogP contribution in [0.5, 0.6) is 0 Å². The van der Waals surface area contributed by atoms with E-state index in [1.807, 2.05) is 0 Å². The van der Waals surface area contributed by atoms with Gasteiger partial charge in [0, 0.05) is 16.0 Å². The fourth-order valence-electron chi connectivity index (χ4n) is 3.07. The second-order valence-corrected chi connectivity index (χ2v) is 10.4. The van der Waals surface area contributed by atoms with E-state index in [2.05, 4.69) is 24.8 Å². The topological polar surface area (TPSA) is 184 Å². The van der Waals surface area contributed by atoms with Crippen molar-refractivity contribution in [1.82, 2.24) is 24.6 Å². The van der Waals surface area contributed by atoms with E-state index >= 15 is 0 Å². The summed E-state index contributed by atoms with van der Waals surface area (Å²) in [6.45, 7) is 1.77. The molecule has 0 unspecified atom stereocenters. The number of aryl methyl sites for hydroxylation is 1. The van der Waals surface area contributed by atoms with E-state index in [0.29, 0.717) is 22.2 Å². The number of hydrogen-bond acceptors (Lipinski definition) is 13. The molecule has 2 aromatic heterocycles. The molecule has 32 heavy (non-hydrogen) atoms. The lowest BCUT2D eigenvalue weighted by molar-refractivity contribution is -0.150. The molecule has 5 N–H and O–H groups in total. The van der Waals surface area contributed by atoms with Gasteiger partial charge in [0.15, 0.2) is 10.8 Å². The zero-order valence-electron chi connectivity index (χ0n) is 16.2. The predicted molar refractivity (Wildman–Crippen MR) is 120 cm³/mol. The van der Waals surface area contributed by atoms with Gasteiger partial charge in [0.1, 0.15) is 33.6 Å². The molecule has 0 radical (unpaired) electrons. The highest BCUT2D eigenvalue weighted by Crippen LogP contribution is 2.44. The van der Waals surface area contributed by atoms with Crippen molar-refractivity contribution in [2.75, 3.05) is 11.5 Å². The van der Waals surface area contributed by atoms with Crippen molar-refractivity contribution in [3.63, 3.8) is 0 Å². The van der Waals surface area contributed by atoms with Crippen LogP contribution in [0.3, 0.4) is 0 Å². The molecule has 4 heterocycles. The molecule has 168 valence electrons. The number of fused-ring (bicyclic) bond motifs is 1. The van der Waals surface area contributed by atoms with E-state index in [4.69, 9.17) is 5.73 Å². The monoisotopic (exact) mass is 513 g/mol. The van der Waals surface area contributed by atoms with Crippen LogP contribution in [0, 0.1) is 6.92 Å². The number of nitrogens with one attached hydrogen (secondary N) is 1. The molecule has 0 saturated carbocycles. The molecular weight excluding hydrogens is 498 g/mol. The molecule has 0 bridgehead atoms. The van der Waals surface area contributed by atoms with Gasteiger partial charge >= 0.3 is 5.97 Å². The Morgan fingerprint density at radius 2 is 2.22 bits per heavy atom. The maximum absolute atomic E-state index is 12.8. The number of anilines is 1. The lowest BCUT2D eigenvalue weighted by Crippen LogP contribution is -2.71. The molecule has 0 spiro atoms. The fraction of sp³-hybridized carbons (Fsp3) is 0.312. The van der Waals surface area contributed by atoms with Gasteiger partial charge in [-0.15, -0.1) is 34.9 Å². The van der Waals surface area contributed by atoms with Crippen LogP contribution in [-0.2, 0) is 20.1 Å². The zero-order chi connectivity index (χ0) is 23.0. The first-order valence-electron chi connectivity index (χ1n) is 8.87. The van der Waals surface area contributed by atoms with Gasteiger partial charge in [0.2, 0.25) is 0 Å². The summed E-state index contributed by atoms with van der Waals surface area (Å²) >= 11 is 4.94. The number of nitrogens with two attached hydrogens (primary N) is 1. The van der Waals surface area contributed by atoms with Crippen LogP contribution in [0.2, 0.25) is 0 Å². The van der Waals surface area contributed by atoms with Crippen molar-refractivity contribution in [2.45, 2.75) is 24.1 Å². The maximum atomic E-state index is 12.8. The highest BCUT2D eigenvalue weighted by atomic mass is 32.2. The first kappa shape index (κ1) is 22.5. The highest BCUT2D eigenvalue weighted by molar-refractivity contribution is 8.05. The van der Waals surface area contributed by atoms with Crippen molar-refractivity contribution < 1.29 is 24.7 Å². The molecule has 2 aliphatic heterocycles. The van der Waals surface area contributed by atoms with Crippen molar-refractivity contribution in [3.8, 4) is 0 Å². The van der Waals surface area contributed by atoms with Gasteiger partial charge in [-0.2, -0.15) is 4.37 Å². The number of hydrogen-bond donors (Lipinski definition) is 4. The Balaban J connectivity index is 1.48. The molecule has 2 aliphatic rings. The van der Waals surface area contributed by atoms with Gasteiger partial charge in [0.05, 0.1) is 5.75 Å². The molecule has 0 aliphatic carbocycles. The van der Waals surface area contributed by atoms with Crippen LogP contribution < -0.4 is 11.1 Å². The van der Waals surface area contributed by atoms with E-state index in [9.17, 15) is 24.7 Å². The number of thioether (sulfide) groups is 2. The number of thiazole rings is 1. The summed E-state index contributed by atoms with van der Waals surface area (Å²) in [5.41, 5.74) is 5.13. The highest BCUT2D eigenvalue weighted by Gasteiger charge is 2.54. The van der Waals surface area contributed by atoms with Gasteiger partial charge in [0.25, 0.3) is 11.8 Å². The normalized spacial score (nSPS) is 20.7. The minimum atomic E-state index is -1.22. The Bertz CT molecular complexity index is 1160. The summed E-state index contributed by atoms with van der Waals surface area (Å²) in [5.74, 6) is -1.15. The SMILES string of the molecule is Cc1nsc(CSC2=C(C(=O)O)N3C(=O)[C@@H](NC(=O)/C(=N\O)c4csc(N)n4)[C@H]3SC2)n1. The second kappa shape index (κ2) is 9.05. The van der Waals surface area contributed by atoms with Gasteiger partial charge < -0.3 is 21.4 Å². The molecule has 0 aromatic carbocycles. The van der Waals surface area contributed by atoms with E-state index in [1.54, 1.807) is 6.92 Å². The van der Waals surface area contributed by atoms with Crippen LogP contribution in [0.1, 0.15) is 16.5 Å². The Morgan fingerprint density at radius 3 is 2.81 bits per heavy atom. The quantitative estimate of drug-likeness (QED) is 0.177. The molecule has 16 heteroatoms. The third-order valence-electron chi connectivity index (χ3n) is 4.44. The van der Waals surface area contributed by atoms with E-state index in [-0.39, 0.29) is 22.2 Å². The van der Waals surface area contributed by atoms with Crippen molar-refractivity contribution in [1.29, 1.82) is 0 Å². The molecular formula is C16H15N7O5S4. The van der Waals surface area contributed by atoms with Crippen LogP contribution in [0.4, 0.5) is 5.13 Å². The summed E-state index contributed by atoms with van der Waals surface area (Å²) in [5, 5.41) is 26.2. The summed E-state index contributed by atoms with van der Waals surface area (Å²) in [4.78, 5) is 47.1. The number of nitrogens with zero attached hydrogens (tertiary/aromatic N) is 5. The van der Waals surface area contributed by atoms with Gasteiger partial charge in [-0.1, -0.05) is 5.16 Å². The number of carboxylic acid groups (broad SMARTS) is 1. The number of carbonyl (C=O) groups excluding carboxylic acids is 2. The molecule has 1 fully saturated rings. The van der Waals surface area contributed by atoms with Crippen molar-refractivity contribution >= 4 is 75.0 Å². The average molecular weight is 514 g/mol. The smallest absolute Gasteiger partial charge is 0.353 e. The number of nitrogen functional groups attached to an aromatic ring is 1. The average Bonchev–Trinajstić information content (AvgIpc) is 3.38. The molecule has 1 saturated heterocycles. The summed E-state index contributed by atoms with van der Waals surface area (Å²) in [6, 6.07) is -0.966. The van der Waals surface area contributed by atoms with E-state index < -0.39 is 29.2 Å². The second-order valence-electron chi connectivity index (χ2n) is 6.48. The number of aliphatic carboxylic acids is 1.